The van der Waals surface area contributed by atoms with Crippen molar-refractivity contribution < 1.29 is 9.53 Å². The molecule has 90 valence electrons. The average Bonchev–Trinajstić information content (AvgIpc) is 2.27. The zero-order chi connectivity index (χ0) is 13.0. The summed E-state index contributed by atoms with van der Waals surface area (Å²) in [5, 5.41) is 0. The Hall–Kier alpha value is -1.83. The van der Waals surface area contributed by atoms with Crippen LogP contribution in [0, 0.1) is 6.92 Å². The van der Waals surface area contributed by atoms with Crippen LogP contribution in [0.5, 0.6) is 5.75 Å². The number of aryl methyl sites for hydroxylation is 1. The van der Waals surface area contributed by atoms with Gasteiger partial charge < -0.3 is 4.74 Å². The Balaban J connectivity index is 3.09. The van der Waals surface area contributed by atoms with Crippen molar-refractivity contribution in [1.82, 2.24) is 0 Å². The summed E-state index contributed by atoms with van der Waals surface area (Å²) < 4.78 is 5.37. The molecule has 1 aromatic rings. The molecule has 2 heteroatoms. The second-order valence-corrected chi connectivity index (χ2v) is 4.14. The van der Waals surface area contributed by atoms with Gasteiger partial charge in [-0.25, -0.2) is 4.79 Å². The van der Waals surface area contributed by atoms with E-state index in [0.29, 0.717) is 11.3 Å². The third kappa shape index (κ3) is 3.31. The molecule has 0 spiro atoms. The summed E-state index contributed by atoms with van der Waals surface area (Å²) in [5.74, 6) is 0.254. The van der Waals surface area contributed by atoms with Gasteiger partial charge in [-0.1, -0.05) is 24.8 Å². The van der Waals surface area contributed by atoms with E-state index < -0.39 is 0 Å². The number of esters is 1. The van der Waals surface area contributed by atoms with Crippen molar-refractivity contribution in [1.29, 1.82) is 0 Å². The molecule has 0 bridgehead atoms. The first kappa shape index (κ1) is 13.2. The Labute approximate surface area is 103 Å². The molecule has 0 aliphatic carbocycles. The van der Waals surface area contributed by atoms with Crippen LogP contribution in [-0.2, 0) is 4.79 Å². The summed E-state index contributed by atoms with van der Waals surface area (Å²) in [7, 11) is 0. The van der Waals surface area contributed by atoms with Gasteiger partial charge >= 0.3 is 5.97 Å². The molecule has 0 aliphatic rings. The molecule has 1 aromatic carbocycles. The molecule has 0 N–H and O–H groups in total. The van der Waals surface area contributed by atoms with Gasteiger partial charge in [0.25, 0.3) is 0 Å². The third-order valence-electron chi connectivity index (χ3n) is 2.55. The minimum Gasteiger partial charge on any atom is -0.423 e. The highest BCUT2D eigenvalue weighted by Gasteiger charge is 2.11. The molecule has 0 aromatic heterocycles. The average molecular weight is 230 g/mol. The molecule has 0 saturated carbocycles. The molecule has 2 nitrogen and oxygen atoms in total. The van der Waals surface area contributed by atoms with Crippen molar-refractivity contribution in [3.8, 4) is 5.75 Å². The zero-order valence-electron chi connectivity index (χ0n) is 10.8. The second kappa shape index (κ2) is 5.48. The maximum Gasteiger partial charge on any atom is 0.338 e. The number of carbonyl (C=O) groups is 1. The highest BCUT2D eigenvalue weighted by Crippen LogP contribution is 2.26. The number of allylic oxidation sites excluding steroid dienone is 2. The minimum atomic E-state index is -0.319. The molecule has 0 atom stereocenters. The third-order valence-corrected chi connectivity index (χ3v) is 2.55. The van der Waals surface area contributed by atoms with Gasteiger partial charge in [0.15, 0.2) is 0 Å². The van der Waals surface area contributed by atoms with Gasteiger partial charge in [-0.2, -0.15) is 0 Å². The van der Waals surface area contributed by atoms with Gasteiger partial charge in [-0.05, 0) is 44.9 Å². The number of hydrogen-bond donors (Lipinski definition) is 0. The van der Waals surface area contributed by atoms with Crippen LogP contribution in [0.3, 0.4) is 0 Å². The van der Waals surface area contributed by atoms with Crippen molar-refractivity contribution >= 4 is 11.5 Å². The SMILES string of the molecule is C=C(C)c1ccc(C)cc1OC(=O)C(C)=CC. The molecule has 17 heavy (non-hydrogen) atoms. The lowest BCUT2D eigenvalue weighted by molar-refractivity contribution is -0.130. The van der Waals surface area contributed by atoms with Crippen molar-refractivity contribution in [2.45, 2.75) is 27.7 Å². The largest absolute Gasteiger partial charge is 0.423 e. The van der Waals surface area contributed by atoms with Crippen LogP contribution in [0.1, 0.15) is 31.9 Å². The first-order chi connectivity index (χ1) is 7.95. The maximum atomic E-state index is 11.7. The number of ether oxygens (including phenoxy) is 1. The second-order valence-electron chi connectivity index (χ2n) is 4.14. The van der Waals surface area contributed by atoms with E-state index in [0.717, 1.165) is 16.7 Å². The van der Waals surface area contributed by atoms with E-state index in [9.17, 15) is 4.79 Å². The Morgan fingerprint density at radius 2 is 2.00 bits per heavy atom. The van der Waals surface area contributed by atoms with Gasteiger partial charge in [0.1, 0.15) is 5.75 Å². The lowest BCUT2D eigenvalue weighted by Crippen LogP contribution is -2.10. The summed E-state index contributed by atoms with van der Waals surface area (Å²) in [6.07, 6.45) is 1.73. The molecule has 0 aliphatic heterocycles. The smallest absolute Gasteiger partial charge is 0.338 e. The fourth-order valence-corrected chi connectivity index (χ4v) is 1.36. The van der Waals surface area contributed by atoms with Gasteiger partial charge in [0.05, 0.1) is 0 Å². The standard InChI is InChI=1S/C15H18O2/c1-6-12(5)15(16)17-14-9-11(4)7-8-13(14)10(2)3/h6-9H,2H2,1,3-5H3. The molecule has 0 fully saturated rings. The molecule has 0 unspecified atom stereocenters. The van der Waals surface area contributed by atoms with E-state index >= 15 is 0 Å². The van der Waals surface area contributed by atoms with Crippen molar-refractivity contribution in [3.05, 3.63) is 47.6 Å². The van der Waals surface area contributed by atoms with Crippen LogP contribution < -0.4 is 4.74 Å². The van der Waals surface area contributed by atoms with Gasteiger partial charge in [-0.15, -0.1) is 0 Å². The maximum absolute atomic E-state index is 11.7. The van der Waals surface area contributed by atoms with E-state index in [1.807, 2.05) is 39.0 Å². The summed E-state index contributed by atoms with van der Waals surface area (Å²) in [6.45, 7) is 11.3. The van der Waals surface area contributed by atoms with Gasteiger partial charge in [-0.3, -0.25) is 0 Å². The van der Waals surface area contributed by atoms with E-state index in [-0.39, 0.29) is 5.97 Å². The number of benzene rings is 1. The van der Waals surface area contributed by atoms with Crippen LogP contribution in [0.25, 0.3) is 5.57 Å². The fourth-order valence-electron chi connectivity index (χ4n) is 1.36. The highest BCUT2D eigenvalue weighted by molar-refractivity contribution is 5.90. The molecular formula is C15H18O2. The van der Waals surface area contributed by atoms with Crippen LogP contribution in [0.4, 0.5) is 0 Å². The number of carbonyl (C=O) groups excluding carboxylic acids is 1. The number of hydrogen-bond acceptors (Lipinski definition) is 2. The van der Waals surface area contributed by atoms with Crippen LogP contribution in [0.15, 0.2) is 36.4 Å². The first-order valence-electron chi connectivity index (χ1n) is 5.57. The lowest BCUT2D eigenvalue weighted by atomic mass is 10.1. The van der Waals surface area contributed by atoms with E-state index in [4.69, 9.17) is 4.74 Å². The van der Waals surface area contributed by atoms with Crippen molar-refractivity contribution in [3.63, 3.8) is 0 Å². The predicted octanol–water partition coefficient (Wildman–Crippen LogP) is 3.90. The van der Waals surface area contributed by atoms with Crippen LogP contribution in [0.2, 0.25) is 0 Å². The summed E-state index contributed by atoms with van der Waals surface area (Å²) in [5.41, 5.74) is 3.40. The molecule has 0 heterocycles. The summed E-state index contributed by atoms with van der Waals surface area (Å²) in [4.78, 5) is 11.7. The van der Waals surface area contributed by atoms with Gasteiger partial charge in [0.2, 0.25) is 0 Å². The zero-order valence-corrected chi connectivity index (χ0v) is 10.8. The molecule has 0 amide bonds. The Morgan fingerprint density at radius 1 is 1.35 bits per heavy atom. The van der Waals surface area contributed by atoms with E-state index in [1.165, 1.54) is 0 Å². The van der Waals surface area contributed by atoms with E-state index in [2.05, 4.69) is 6.58 Å². The van der Waals surface area contributed by atoms with Crippen molar-refractivity contribution in [2.24, 2.45) is 0 Å². The van der Waals surface area contributed by atoms with Gasteiger partial charge in [0, 0.05) is 11.1 Å². The summed E-state index contributed by atoms with van der Waals surface area (Å²) in [6, 6.07) is 5.75. The van der Waals surface area contributed by atoms with Crippen LogP contribution in [-0.4, -0.2) is 5.97 Å². The summed E-state index contributed by atoms with van der Waals surface area (Å²) >= 11 is 0. The monoisotopic (exact) mass is 230 g/mol. The molecule has 0 saturated heterocycles. The number of rotatable bonds is 3. The minimum absolute atomic E-state index is 0.319. The first-order valence-corrected chi connectivity index (χ1v) is 5.57. The Morgan fingerprint density at radius 3 is 2.53 bits per heavy atom. The van der Waals surface area contributed by atoms with Crippen molar-refractivity contribution in [2.75, 3.05) is 0 Å². The lowest BCUT2D eigenvalue weighted by Gasteiger charge is -2.11. The molecule has 0 radical (unpaired) electrons. The fraction of sp³-hybridized carbons (Fsp3) is 0.267. The molecular weight excluding hydrogens is 212 g/mol. The Bertz CT molecular complexity index is 482. The molecule has 1 rings (SSSR count). The highest BCUT2D eigenvalue weighted by atomic mass is 16.5. The van der Waals surface area contributed by atoms with Crippen LogP contribution >= 0.6 is 0 Å². The Kier molecular flexibility index (Phi) is 4.27. The predicted molar refractivity (Wildman–Crippen MR) is 71.0 cm³/mol. The van der Waals surface area contributed by atoms with E-state index in [1.54, 1.807) is 13.0 Å². The topological polar surface area (TPSA) is 26.3 Å². The normalized spacial score (nSPS) is 11.2. The quantitative estimate of drug-likeness (QED) is 0.447.